The standard InChI is InChI=1S/2C14H18O3.C14H16O3/c3*1-2-17-14(16)11-13(15)10-6-9-12-7-4-3-5-8-12/h2*3-8,10,13,15H,2,9,11H2,1H3;3-8,10H,2,9,11H2,1H3/b3*10-6+. The Morgan fingerprint density at radius 1 is 0.529 bits per heavy atom. The summed E-state index contributed by atoms with van der Waals surface area (Å²) in [4.78, 5) is 44.5. The van der Waals surface area contributed by atoms with Gasteiger partial charge >= 0.3 is 17.9 Å². The van der Waals surface area contributed by atoms with Crippen molar-refractivity contribution >= 4 is 23.7 Å². The van der Waals surface area contributed by atoms with Gasteiger partial charge in [0.1, 0.15) is 6.42 Å². The molecule has 9 heteroatoms. The third kappa shape index (κ3) is 24.6. The molecule has 2 unspecified atom stereocenters. The van der Waals surface area contributed by atoms with E-state index in [0.717, 1.165) is 18.4 Å². The monoisotopic (exact) mass is 700 g/mol. The van der Waals surface area contributed by atoms with E-state index in [1.807, 2.05) is 103 Å². The van der Waals surface area contributed by atoms with Gasteiger partial charge < -0.3 is 24.4 Å². The number of aliphatic hydroxyl groups excluding tert-OH is 2. The van der Waals surface area contributed by atoms with Crippen LogP contribution in [-0.4, -0.2) is 65.9 Å². The van der Waals surface area contributed by atoms with E-state index in [1.165, 1.54) is 17.2 Å². The number of ether oxygens (including phenoxy) is 3. The lowest BCUT2D eigenvalue weighted by Gasteiger charge is -2.04. The maximum atomic E-state index is 11.3. The Hall–Kier alpha value is -5.12. The van der Waals surface area contributed by atoms with E-state index >= 15 is 0 Å². The van der Waals surface area contributed by atoms with Crippen LogP contribution in [0.5, 0.6) is 0 Å². The zero-order valence-corrected chi connectivity index (χ0v) is 29.9. The first kappa shape index (κ1) is 43.9. The highest BCUT2D eigenvalue weighted by Crippen LogP contribution is 2.04. The van der Waals surface area contributed by atoms with Gasteiger partial charge in [-0.3, -0.25) is 19.2 Å². The number of esters is 3. The third-order valence-corrected chi connectivity index (χ3v) is 6.60. The minimum atomic E-state index is -0.766. The third-order valence-electron chi connectivity index (χ3n) is 6.60. The Labute approximate surface area is 302 Å². The second-order valence-electron chi connectivity index (χ2n) is 10.9. The summed E-state index contributed by atoms with van der Waals surface area (Å²) in [6.07, 6.45) is 10.7. The quantitative estimate of drug-likeness (QED) is 0.0501. The van der Waals surface area contributed by atoms with E-state index in [4.69, 9.17) is 9.47 Å². The first-order valence-corrected chi connectivity index (χ1v) is 17.1. The lowest BCUT2D eigenvalue weighted by molar-refractivity contribution is -0.146. The van der Waals surface area contributed by atoms with Gasteiger partial charge in [-0.2, -0.15) is 0 Å². The van der Waals surface area contributed by atoms with Crippen LogP contribution >= 0.6 is 0 Å². The van der Waals surface area contributed by atoms with Crippen molar-refractivity contribution in [3.8, 4) is 0 Å². The minimum Gasteiger partial charge on any atom is -0.466 e. The fraction of sp³-hybridized carbons (Fsp3) is 0.333. The van der Waals surface area contributed by atoms with Crippen LogP contribution in [0.2, 0.25) is 0 Å². The van der Waals surface area contributed by atoms with Crippen molar-refractivity contribution in [3.63, 3.8) is 0 Å². The van der Waals surface area contributed by atoms with Gasteiger partial charge in [0.05, 0.1) is 44.9 Å². The van der Waals surface area contributed by atoms with Crippen molar-refractivity contribution < 1.29 is 43.6 Å². The number of benzene rings is 3. The predicted octanol–water partition coefficient (Wildman–Crippen LogP) is 6.51. The molecule has 0 aliphatic carbocycles. The molecular formula is C42H52O9. The van der Waals surface area contributed by atoms with Crippen LogP contribution in [0, 0.1) is 0 Å². The van der Waals surface area contributed by atoms with Gasteiger partial charge in [-0.15, -0.1) is 0 Å². The predicted molar refractivity (Wildman–Crippen MR) is 199 cm³/mol. The first-order chi connectivity index (χ1) is 24.7. The number of hydrogen-bond donors (Lipinski definition) is 2. The Kier molecular flexibility index (Phi) is 24.7. The van der Waals surface area contributed by atoms with Crippen LogP contribution in [-0.2, 0) is 52.7 Å². The average Bonchev–Trinajstić information content (AvgIpc) is 3.10. The Morgan fingerprint density at radius 3 is 1.22 bits per heavy atom. The highest BCUT2D eigenvalue weighted by Gasteiger charge is 2.09. The summed E-state index contributed by atoms with van der Waals surface area (Å²) < 4.78 is 14.2. The van der Waals surface area contributed by atoms with Gasteiger partial charge in [-0.1, -0.05) is 121 Å². The summed E-state index contributed by atoms with van der Waals surface area (Å²) in [5.74, 6) is -1.44. The molecule has 0 saturated heterocycles. The molecule has 0 spiro atoms. The van der Waals surface area contributed by atoms with Gasteiger partial charge in [0, 0.05) is 0 Å². The average molecular weight is 701 g/mol. The fourth-order valence-electron chi connectivity index (χ4n) is 4.22. The molecule has 0 aliphatic heterocycles. The van der Waals surface area contributed by atoms with Crippen LogP contribution < -0.4 is 0 Å². The summed E-state index contributed by atoms with van der Waals surface area (Å²) in [6.45, 7) is 6.21. The van der Waals surface area contributed by atoms with E-state index in [9.17, 15) is 29.4 Å². The largest absolute Gasteiger partial charge is 0.466 e. The molecule has 0 bridgehead atoms. The van der Waals surface area contributed by atoms with Gasteiger partial charge in [-0.05, 0) is 62.8 Å². The number of aliphatic hydroxyl groups is 2. The molecule has 3 rings (SSSR count). The Balaban J connectivity index is 0.000000382. The molecule has 9 nitrogen and oxygen atoms in total. The van der Waals surface area contributed by atoms with Crippen molar-refractivity contribution in [1.29, 1.82) is 0 Å². The van der Waals surface area contributed by atoms with Gasteiger partial charge in [0.25, 0.3) is 0 Å². The number of rotatable bonds is 18. The summed E-state index contributed by atoms with van der Waals surface area (Å²) in [5, 5.41) is 19.1. The molecule has 2 atom stereocenters. The van der Waals surface area contributed by atoms with E-state index in [1.54, 1.807) is 39.0 Å². The Morgan fingerprint density at radius 2 is 0.863 bits per heavy atom. The van der Waals surface area contributed by atoms with Gasteiger partial charge in [0.2, 0.25) is 0 Å². The first-order valence-electron chi connectivity index (χ1n) is 17.1. The molecule has 274 valence electrons. The highest BCUT2D eigenvalue weighted by atomic mass is 16.5. The topological polar surface area (TPSA) is 136 Å². The van der Waals surface area contributed by atoms with Crippen LogP contribution in [0.4, 0.5) is 0 Å². The number of carbonyl (C=O) groups excluding carboxylic acids is 4. The number of carbonyl (C=O) groups is 4. The summed E-state index contributed by atoms with van der Waals surface area (Å²) >= 11 is 0. The second kappa shape index (κ2) is 28.7. The molecule has 0 aromatic heterocycles. The number of hydrogen-bond acceptors (Lipinski definition) is 9. The maximum absolute atomic E-state index is 11.3. The van der Waals surface area contributed by atoms with E-state index in [0.29, 0.717) is 26.2 Å². The fourth-order valence-corrected chi connectivity index (χ4v) is 4.22. The molecule has 0 amide bonds. The molecule has 51 heavy (non-hydrogen) atoms. The van der Waals surface area contributed by atoms with E-state index in [-0.39, 0.29) is 37.0 Å². The van der Waals surface area contributed by atoms with Crippen LogP contribution in [0.3, 0.4) is 0 Å². The van der Waals surface area contributed by atoms with E-state index in [2.05, 4.69) is 4.74 Å². The zero-order chi connectivity index (χ0) is 37.5. The van der Waals surface area contributed by atoms with Crippen molar-refractivity contribution in [1.82, 2.24) is 0 Å². The highest BCUT2D eigenvalue weighted by molar-refractivity contribution is 6.01. The van der Waals surface area contributed by atoms with Crippen molar-refractivity contribution in [2.45, 2.75) is 71.5 Å². The molecule has 3 aromatic carbocycles. The summed E-state index contributed by atoms with van der Waals surface area (Å²) in [6, 6.07) is 29.7. The lowest BCUT2D eigenvalue weighted by atomic mass is 10.1. The number of ketones is 1. The number of allylic oxidation sites excluding steroid dienone is 4. The van der Waals surface area contributed by atoms with Crippen LogP contribution in [0.25, 0.3) is 0 Å². The zero-order valence-electron chi connectivity index (χ0n) is 29.9. The molecular weight excluding hydrogens is 648 g/mol. The minimum absolute atomic E-state index is 0.0130. The lowest BCUT2D eigenvalue weighted by Crippen LogP contribution is -2.13. The van der Waals surface area contributed by atoms with Crippen LogP contribution in [0.1, 0.15) is 56.7 Å². The molecule has 0 fully saturated rings. The SMILES string of the molecule is CCOC(=O)CC(=O)/C=C/Cc1ccccc1.CCOC(=O)CC(O)/C=C/Cc1ccccc1.CCOC(=O)CC(O)/C=C/Cc1ccccc1. The van der Waals surface area contributed by atoms with Gasteiger partial charge in [0.15, 0.2) is 5.78 Å². The maximum Gasteiger partial charge on any atom is 0.313 e. The second-order valence-corrected chi connectivity index (χ2v) is 10.9. The summed E-state index contributed by atoms with van der Waals surface area (Å²) in [5.41, 5.74) is 3.48. The molecule has 3 aromatic rings. The molecule has 0 aliphatic rings. The summed E-state index contributed by atoms with van der Waals surface area (Å²) in [7, 11) is 0. The molecule has 2 N–H and O–H groups in total. The van der Waals surface area contributed by atoms with E-state index < -0.39 is 18.2 Å². The molecule has 0 heterocycles. The van der Waals surface area contributed by atoms with Crippen molar-refractivity contribution in [2.75, 3.05) is 19.8 Å². The molecule has 0 saturated carbocycles. The van der Waals surface area contributed by atoms with Crippen molar-refractivity contribution in [2.24, 2.45) is 0 Å². The van der Waals surface area contributed by atoms with Crippen LogP contribution in [0.15, 0.2) is 127 Å². The van der Waals surface area contributed by atoms with Crippen molar-refractivity contribution in [3.05, 3.63) is 144 Å². The van der Waals surface area contributed by atoms with Gasteiger partial charge in [-0.25, -0.2) is 0 Å². The molecule has 0 radical (unpaired) electrons. The smallest absolute Gasteiger partial charge is 0.313 e. The Bertz CT molecular complexity index is 1390. The normalized spacial score (nSPS) is 11.9.